The Bertz CT molecular complexity index is 729. The number of hydrogen-bond acceptors (Lipinski definition) is 5. The number of carboxylic acid groups (broad SMARTS) is 1. The topological polar surface area (TPSA) is 149 Å². The van der Waals surface area contributed by atoms with Gasteiger partial charge in [0.2, 0.25) is 10.0 Å². The molecule has 4 N–H and O–H groups in total. The second-order valence-electron chi connectivity index (χ2n) is 4.55. The average molecular weight is 319 g/mol. The van der Waals surface area contributed by atoms with Crippen molar-refractivity contribution in [2.75, 3.05) is 6.54 Å². The number of sulfonamides is 1. The molecule has 1 rings (SSSR count). The molecule has 0 amide bonds. The number of carboxylic acids is 1. The van der Waals surface area contributed by atoms with Crippen molar-refractivity contribution in [1.82, 2.24) is 14.7 Å². The molecule has 0 radical (unpaired) electrons. The molecule has 0 aromatic carbocycles. The third-order valence-electron chi connectivity index (χ3n) is 3.48. The zero-order valence-electron chi connectivity index (χ0n) is 11.6. The Labute approximate surface area is 120 Å². The van der Waals surface area contributed by atoms with Crippen LogP contribution in [0.5, 0.6) is 0 Å². The molecule has 10 heteroatoms. The van der Waals surface area contributed by atoms with E-state index in [0.717, 1.165) is 6.20 Å². The summed E-state index contributed by atoms with van der Waals surface area (Å²) in [5.74, 6) is -1.12. The fourth-order valence-corrected chi connectivity index (χ4v) is 2.92. The number of carbonyl (C=O) groups is 1. The van der Waals surface area contributed by atoms with Crippen molar-refractivity contribution in [3.63, 3.8) is 0 Å². The highest BCUT2D eigenvalue weighted by atomic mass is 32.2. The lowest BCUT2D eigenvalue weighted by atomic mass is 9.83. The highest BCUT2D eigenvalue weighted by Gasteiger charge is 2.36. The lowest BCUT2D eigenvalue weighted by Gasteiger charge is -2.26. The number of rotatable bonds is 7. The Hall–Kier alpha value is -1.94. The Morgan fingerprint density at radius 2 is 1.90 bits per heavy atom. The van der Waals surface area contributed by atoms with E-state index in [4.69, 9.17) is 0 Å². The smallest absolute Gasteiger partial charge is 0.325 e. The lowest BCUT2D eigenvalue weighted by Crippen LogP contribution is -2.43. The summed E-state index contributed by atoms with van der Waals surface area (Å²) in [6.07, 6.45) is 1.22. The van der Waals surface area contributed by atoms with Gasteiger partial charge in [-0.3, -0.25) is 14.6 Å². The zero-order chi connectivity index (χ0) is 16.3. The minimum absolute atomic E-state index is 0.226. The molecule has 0 fully saturated rings. The predicted octanol–water partition coefficient (Wildman–Crippen LogP) is -0.767. The van der Waals surface area contributed by atoms with Crippen LogP contribution in [0.15, 0.2) is 20.7 Å². The normalized spacial score (nSPS) is 12.3. The molecule has 0 atom stereocenters. The first-order valence-electron chi connectivity index (χ1n) is 6.23. The minimum atomic E-state index is -4.22. The third-order valence-corrected chi connectivity index (χ3v) is 4.89. The number of aliphatic carboxylic acids is 1. The van der Waals surface area contributed by atoms with Gasteiger partial charge in [-0.1, -0.05) is 13.8 Å². The Balaban J connectivity index is 3.09. The molecular weight excluding hydrogens is 302 g/mol. The second-order valence-corrected chi connectivity index (χ2v) is 6.29. The average Bonchev–Trinajstić information content (AvgIpc) is 2.39. The maximum absolute atomic E-state index is 12.0. The van der Waals surface area contributed by atoms with E-state index >= 15 is 0 Å². The summed E-state index contributed by atoms with van der Waals surface area (Å²) >= 11 is 0. The van der Waals surface area contributed by atoms with Gasteiger partial charge in [-0.2, -0.15) is 0 Å². The Morgan fingerprint density at radius 3 is 2.33 bits per heavy atom. The molecule has 0 aliphatic carbocycles. The van der Waals surface area contributed by atoms with E-state index in [1.807, 2.05) is 4.98 Å². The van der Waals surface area contributed by atoms with Gasteiger partial charge < -0.3 is 10.1 Å². The van der Waals surface area contributed by atoms with Crippen molar-refractivity contribution in [3.8, 4) is 0 Å². The standard InChI is InChI=1S/C11H17N3O6S/c1-3-11(4-2,9(16)17)6-13-21(19,20)7-5-12-10(18)14-8(7)15/h5,13H,3-4,6H2,1-2H3,(H,16,17)(H2,12,14,15,18). The van der Waals surface area contributed by atoms with Gasteiger partial charge in [-0.15, -0.1) is 0 Å². The highest BCUT2D eigenvalue weighted by Crippen LogP contribution is 2.26. The summed E-state index contributed by atoms with van der Waals surface area (Å²) in [6, 6.07) is 0. The number of aromatic amines is 2. The van der Waals surface area contributed by atoms with Crippen LogP contribution in [-0.4, -0.2) is 36.0 Å². The van der Waals surface area contributed by atoms with Gasteiger partial charge in [0.1, 0.15) is 0 Å². The van der Waals surface area contributed by atoms with E-state index in [1.165, 1.54) is 0 Å². The van der Waals surface area contributed by atoms with Crippen LogP contribution in [0.1, 0.15) is 26.7 Å². The van der Waals surface area contributed by atoms with E-state index in [-0.39, 0.29) is 19.4 Å². The van der Waals surface area contributed by atoms with Crippen LogP contribution in [0.4, 0.5) is 0 Å². The molecule has 0 saturated carbocycles. The van der Waals surface area contributed by atoms with E-state index in [2.05, 4.69) is 4.72 Å². The summed E-state index contributed by atoms with van der Waals surface area (Å²) in [7, 11) is -4.22. The molecule has 1 heterocycles. The first kappa shape index (κ1) is 17.1. The van der Waals surface area contributed by atoms with Crippen LogP contribution < -0.4 is 16.0 Å². The summed E-state index contributed by atoms with van der Waals surface area (Å²) < 4.78 is 26.1. The summed E-state index contributed by atoms with van der Waals surface area (Å²) in [6.45, 7) is 2.92. The number of aromatic nitrogens is 2. The van der Waals surface area contributed by atoms with Crippen LogP contribution >= 0.6 is 0 Å². The molecule has 0 aliphatic heterocycles. The van der Waals surface area contributed by atoms with Gasteiger partial charge in [-0.05, 0) is 12.8 Å². The predicted molar refractivity (Wildman–Crippen MR) is 73.5 cm³/mol. The first-order valence-corrected chi connectivity index (χ1v) is 7.72. The highest BCUT2D eigenvalue weighted by molar-refractivity contribution is 7.89. The van der Waals surface area contributed by atoms with Crippen molar-refractivity contribution < 1.29 is 18.3 Å². The van der Waals surface area contributed by atoms with Crippen LogP contribution in [0.2, 0.25) is 0 Å². The number of hydrogen-bond donors (Lipinski definition) is 4. The summed E-state index contributed by atoms with van der Waals surface area (Å²) in [4.78, 5) is 36.8. The van der Waals surface area contributed by atoms with Gasteiger partial charge in [0, 0.05) is 12.7 Å². The van der Waals surface area contributed by atoms with Crippen molar-refractivity contribution in [1.29, 1.82) is 0 Å². The zero-order valence-corrected chi connectivity index (χ0v) is 12.4. The van der Waals surface area contributed by atoms with E-state index in [0.29, 0.717) is 0 Å². The fourth-order valence-electron chi connectivity index (χ4n) is 1.79. The van der Waals surface area contributed by atoms with Crippen molar-refractivity contribution in [2.24, 2.45) is 5.41 Å². The van der Waals surface area contributed by atoms with Gasteiger partial charge in [-0.25, -0.2) is 17.9 Å². The van der Waals surface area contributed by atoms with E-state index < -0.39 is 37.6 Å². The molecule has 21 heavy (non-hydrogen) atoms. The Kier molecular flexibility index (Phi) is 5.07. The number of H-pyrrole nitrogens is 2. The van der Waals surface area contributed by atoms with Crippen molar-refractivity contribution >= 4 is 16.0 Å². The molecule has 0 spiro atoms. The molecule has 0 aliphatic rings. The van der Waals surface area contributed by atoms with Gasteiger partial charge in [0.15, 0.2) is 4.90 Å². The van der Waals surface area contributed by atoms with Gasteiger partial charge >= 0.3 is 11.7 Å². The third kappa shape index (κ3) is 3.58. The van der Waals surface area contributed by atoms with E-state index in [1.54, 1.807) is 18.8 Å². The monoisotopic (exact) mass is 319 g/mol. The maximum atomic E-state index is 12.0. The van der Waals surface area contributed by atoms with Crippen molar-refractivity contribution in [3.05, 3.63) is 27.0 Å². The minimum Gasteiger partial charge on any atom is -0.481 e. The molecule has 1 aromatic heterocycles. The quantitative estimate of drug-likeness (QED) is 0.518. The molecule has 118 valence electrons. The molecular formula is C11H17N3O6S. The second kappa shape index (κ2) is 6.22. The van der Waals surface area contributed by atoms with Gasteiger partial charge in [0.25, 0.3) is 5.56 Å². The van der Waals surface area contributed by atoms with E-state index in [9.17, 15) is 27.9 Å². The first-order chi connectivity index (χ1) is 9.68. The fraction of sp³-hybridized carbons (Fsp3) is 0.545. The molecule has 9 nitrogen and oxygen atoms in total. The molecule has 1 aromatic rings. The van der Waals surface area contributed by atoms with Crippen LogP contribution in [0.3, 0.4) is 0 Å². The van der Waals surface area contributed by atoms with Gasteiger partial charge in [0.05, 0.1) is 5.41 Å². The summed E-state index contributed by atoms with van der Waals surface area (Å²) in [5, 5.41) is 9.23. The molecule has 0 bridgehead atoms. The van der Waals surface area contributed by atoms with Crippen molar-refractivity contribution in [2.45, 2.75) is 31.6 Å². The van der Waals surface area contributed by atoms with Crippen LogP contribution in [0.25, 0.3) is 0 Å². The van der Waals surface area contributed by atoms with Crippen LogP contribution in [-0.2, 0) is 14.8 Å². The molecule has 0 unspecified atom stereocenters. The molecule has 0 saturated heterocycles. The Morgan fingerprint density at radius 1 is 1.33 bits per heavy atom. The number of nitrogens with one attached hydrogen (secondary N) is 3. The summed E-state index contributed by atoms with van der Waals surface area (Å²) in [5.41, 5.74) is -3.15. The lowest BCUT2D eigenvalue weighted by molar-refractivity contribution is -0.149. The largest absolute Gasteiger partial charge is 0.481 e. The van der Waals surface area contributed by atoms with Crippen LogP contribution in [0, 0.1) is 5.41 Å². The SMILES string of the molecule is CCC(CC)(CNS(=O)(=O)c1c[nH]c(=O)[nH]c1=O)C(=O)O. The maximum Gasteiger partial charge on any atom is 0.325 e.